The van der Waals surface area contributed by atoms with Crippen LogP contribution in [0.1, 0.15) is 6.92 Å². The van der Waals surface area contributed by atoms with E-state index in [4.69, 9.17) is 5.73 Å². The van der Waals surface area contributed by atoms with Crippen LogP contribution in [0.25, 0.3) is 0 Å². The van der Waals surface area contributed by atoms with Gasteiger partial charge in [0.15, 0.2) is 0 Å². The lowest BCUT2D eigenvalue weighted by Gasteiger charge is -1.81. The minimum atomic E-state index is 0.795. The summed E-state index contributed by atoms with van der Waals surface area (Å²) < 4.78 is 0.819. The van der Waals surface area contributed by atoms with Crippen LogP contribution in [0.5, 0.6) is 0 Å². The molecule has 0 fully saturated rings. The van der Waals surface area contributed by atoms with E-state index >= 15 is 0 Å². The van der Waals surface area contributed by atoms with Crippen LogP contribution < -0.4 is 5.73 Å². The fourth-order valence-electron chi connectivity index (χ4n) is 0.222. The molecule has 0 saturated carbocycles. The zero-order chi connectivity index (χ0) is 6.41. The summed E-state index contributed by atoms with van der Waals surface area (Å²) in [7, 11) is 0. The summed E-state index contributed by atoms with van der Waals surface area (Å²) in [5, 5.41) is 0. The fourth-order valence-corrected chi connectivity index (χ4v) is 0.366. The first kappa shape index (κ1) is 7.69. The molecule has 0 aromatic heterocycles. The number of aliphatic imine (C=N–C) groups is 1. The number of hydrogen-bond acceptors (Lipinski definition) is 2. The number of nitrogens with zero attached hydrogens (tertiary/aromatic N) is 1. The molecule has 46 valence electrons. The predicted octanol–water partition coefficient (Wildman–Crippen LogP) is 1.27. The molecule has 0 saturated heterocycles. The Hall–Kier alpha value is -0.310. The maximum atomic E-state index is 5.11. The molecule has 0 aliphatic carbocycles. The molecule has 0 aromatic rings. The molecule has 8 heavy (non-hydrogen) atoms. The molecule has 2 N–H and O–H groups in total. The Labute approximate surface area is 57.6 Å². The maximum Gasteiger partial charge on any atom is 0.0508 e. The first-order valence-corrected chi connectivity index (χ1v) is 3.17. The number of hydrogen-bond donors (Lipinski definition) is 1. The smallest absolute Gasteiger partial charge is 0.0508 e. The van der Waals surface area contributed by atoms with Crippen LogP contribution in [0, 0.1) is 0 Å². The van der Waals surface area contributed by atoms with Gasteiger partial charge in [-0.1, -0.05) is 0 Å². The third kappa shape index (κ3) is 3.87. The summed E-state index contributed by atoms with van der Waals surface area (Å²) in [6.45, 7) is 2.76. The number of rotatable bonds is 2. The molecule has 0 radical (unpaired) electrons. The second-order valence-electron chi connectivity index (χ2n) is 1.18. The maximum absolute atomic E-state index is 5.11. The van der Waals surface area contributed by atoms with Gasteiger partial charge in [-0.3, -0.25) is 4.99 Å². The Bertz CT molecular complexity index is 107. The number of allylic oxidation sites excluding steroid dienone is 1. The molecular weight excluding hydrogens is 168 g/mol. The summed E-state index contributed by atoms with van der Waals surface area (Å²) in [6, 6.07) is 0. The Balaban J connectivity index is 3.53. The summed E-state index contributed by atoms with van der Waals surface area (Å²) in [5.74, 6) is 0. The first-order chi connectivity index (χ1) is 3.81. The van der Waals surface area contributed by atoms with Crippen LogP contribution >= 0.6 is 15.9 Å². The zero-order valence-electron chi connectivity index (χ0n) is 4.76. The Morgan fingerprint density at radius 2 is 2.50 bits per heavy atom. The molecule has 2 nitrogen and oxygen atoms in total. The van der Waals surface area contributed by atoms with Gasteiger partial charge < -0.3 is 5.73 Å². The van der Waals surface area contributed by atoms with Gasteiger partial charge in [-0.2, -0.15) is 0 Å². The third-order valence-corrected chi connectivity index (χ3v) is 1.03. The molecule has 0 heterocycles. The first-order valence-electron chi connectivity index (χ1n) is 2.38. The predicted molar refractivity (Wildman–Crippen MR) is 40.2 cm³/mol. The average molecular weight is 177 g/mol. The van der Waals surface area contributed by atoms with Crippen molar-refractivity contribution in [2.24, 2.45) is 10.7 Å². The topological polar surface area (TPSA) is 38.4 Å². The van der Waals surface area contributed by atoms with E-state index in [1.54, 1.807) is 6.21 Å². The standard InChI is InChI=1S/C5H9BrN2/c1-2-8-4-5(6)3-7/h3-4H,2,7H2,1H3. The van der Waals surface area contributed by atoms with Gasteiger partial charge in [-0.25, -0.2) is 0 Å². The third-order valence-electron chi connectivity index (χ3n) is 0.556. The van der Waals surface area contributed by atoms with Crippen molar-refractivity contribution >= 4 is 22.1 Å². The molecule has 0 aliphatic heterocycles. The van der Waals surface area contributed by atoms with E-state index in [1.807, 2.05) is 6.92 Å². The van der Waals surface area contributed by atoms with Crippen molar-refractivity contribution in [2.75, 3.05) is 6.54 Å². The van der Waals surface area contributed by atoms with E-state index < -0.39 is 0 Å². The molecule has 0 amide bonds. The van der Waals surface area contributed by atoms with Crippen molar-refractivity contribution in [2.45, 2.75) is 6.92 Å². The Morgan fingerprint density at radius 1 is 1.88 bits per heavy atom. The zero-order valence-corrected chi connectivity index (χ0v) is 6.35. The van der Waals surface area contributed by atoms with Crippen molar-refractivity contribution in [1.29, 1.82) is 0 Å². The lowest BCUT2D eigenvalue weighted by molar-refractivity contribution is 1.14. The molecule has 0 aliphatic rings. The Kier molecular flexibility index (Phi) is 4.65. The highest BCUT2D eigenvalue weighted by Gasteiger charge is 1.76. The molecule has 0 atom stereocenters. The normalized spacial score (nSPS) is 13.0. The van der Waals surface area contributed by atoms with E-state index in [1.165, 1.54) is 6.20 Å². The van der Waals surface area contributed by atoms with Crippen LogP contribution in [-0.4, -0.2) is 12.8 Å². The Morgan fingerprint density at radius 3 is 2.88 bits per heavy atom. The summed E-state index contributed by atoms with van der Waals surface area (Å²) in [6.07, 6.45) is 3.14. The van der Waals surface area contributed by atoms with Crippen LogP contribution in [0.4, 0.5) is 0 Å². The summed E-state index contributed by atoms with van der Waals surface area (Å²) >= 11 is 3.16. The van der Waals surface area contributed by atoms with Gasteiger partial charge in [0, 0.05) is 19.0 Å². The van der Waals surface area contributed by atoms with E-state index in [-0.39, 0.29) is 0 Å². The minimum absolute atomic E-state index is 0.795. The number of halogens is 1. The molecule has 0 rings (SSSR count). The number of nitrogens with two attached hydrogens (primary N) is 1. The van der Waals surface area contributed by atoms with E-state index in [2.05, 4.69) is 20.9 Å². The lowest BCUT2D eigenvalue weighted by atomic mass is 10.6. The van der Waals surface area contributed by atoms with Crippen molar-refractivity contribution in [3.05, 3.63) is 10.7 Å². The fraction of sp³-hybridized carbons (Fsp3) is 0.400. The van der Waals surface area contributed by atoms with E-state index in [9.17, 15) is 0 Å². The second-order valence-corrected chi connectivity index (χ2v) is 2.10. The molecular formula is C5H9BrN2. The second kappa shape index (κ2) is 4.84. The van der Waals surface area contributed by atoms with Crippen LogP contribution in [0.15, 0.2) is 15.7 Å². The molecule has 3 heteroatoms. The van der Waals surface area contributed by atoms with Crippen molar-refractivity contribution in [3.8, 4) is 0 Å². The van der Waals surface area contributed by atoms with E-state index in [0.29, 0.717) is 0 Å². The van der Waals surface area contributed by atoms with Crippen LogP contribution in [-0.2, 0) is 0 Å². The quantitative estimate of drug-likeness (QED) is 0.633. The molecule has 0 spiro atoms. The highest BCUT2D eigenvalue weighted by Crippen LogP contribution is 1.96. The largest absolute Gasteiger partial charge is 0.404 e. The lowest BCUT2D eigenvalue weighted by Crippen LogP contribution is -1.82. The van der Waals surface area contributed by atoms with Gasteiger partial charge in [0.2, 0.25) is 0 Å². The van der Waals surface area contributed by atoms with Crippen molar-refractivity contribution in [3.63, 3.8) is 0 Å². The summed E-state index contributed by atoms with van der Waals surface area (Å²) in [5.41, 5.74) is 5.11. The van der Waals surface area contributed by atoms with Crippen LogP contribution in [0.2, 0.25) is 0 Å². The summed E-state index contributed by atoms with van der Waals surface area (Å²) in [4.78, 5) is 3.92. The van der Waals surface area contributed by atoms with Gasteiger partial charge in [0.1, 0.15) is 0 Å². The monoisotopic (exact) mass is 176 g/mol. The van der Waals surface area contributed by atoms with Crippen molar-refractivity contribution < 1.29 is 0 Å². The average Bonchev–Trinajstić information content (AvgIpc) is 1.83. The highest BCUT2D eigenvalue weighted by molar-refractivity contribution is 9.12. The van der Waals surface area contributed by atoms with Gasteiger partial charge in [-0.15, -0.1) is 0 Å². The molecule has 0 unspecified atom stereocenters. The molecule has 0 aromatic carbocycles. The highest BCUT2D eigenvalue weighted by atomic mass is 79.9. The van der Waals surface area contributed by atoms with Gasteiger partial charge in [0.05, 0.1) is 4.48 Å². The van der Waals surface area contributed by atoms with Gasteiger partial charge >= 0.3 is 0 Å². The van der Waals surface area contributed by atoms with Gasteiger partial charge in [0.25, 0.3) is 0 Å². The molecule has 0 bridgehead atoms. The van der Waals surface area contributed by atoms with Crippen molar-refractivity contribution in [1.82, 2.24) is 0 Å². The van der Waals surface area contributed by atoms with Crippen LogP contribution in [0.3, 0.4) is 0 Å². The van der Waals surface area contributed by atoms with E-state index in [0.717, 1.165) is 11.0 Å². The minimum Gasteiger partial charge on any atom is -0.404 e. The SMILES string of the molecule is CCN=CC(Br)=CN. The van der Waals surface area contributed by atoms with Gasteiger partial charge in [-0.05, 0) is 22.9 Å².